The number of nitrogens with two attached hydrogens (primary N) is 1. The van der Waals surface area contributed by atoms with Gasteiger partial charge < -0.3 is 10.5 Å². The molecule has 2 N–H and O–H groups in total. The largest absolute Gasteiger partial charge is 0.449 e. The molecule has 1 aliphatic rings. The Balaban J connectivity index is 1.92. The van der Waals surface area contributed by atoms with E-state index in [1.807, 2.05) is 42.5 Å². The summed E-state index contributed by atoms with van der Waals surface area (Å²) >= 11 is 0. The predicted molar refractivity (Wildman–Crippen MR) is 118 cm³/mol. The summed E-state index contributed by atoms with van der Waals surface area (Å²) in [6.07, 6.45) is 2.73. The van der Waals surface area contributed by atoms with Gasteiger partial charge in [0.25, 0.3) is 5.91 Å². The number of amides is 1. The van der Waals surface area contributed by atoms with Gasteiger partial charge in [0.2, 0.25) is 0 Å². The second-order valence-corrected chi connectivity index (χ2v) is 7.87. The molecule has 1 aromatic heterocycles. The number of pyridine rings is 1. The lowest BCUT2D eigenvalue weighted by Gasteiger charge is -2.27. The van der Waals surface area contributed by atoms with Crippen LogP contribution in [0.1, 0.15) is 47.4 Å². The summed E-state index contributed by atoms with van der Waals surface area (Å²) in [7, 11) is 0. The number of carbonyl (C=O) groups is 2. The molecule has 0 aliphatic heterocycles. The maximum absolute atomic E-state index is 13.1. The second kappa shape index (κ2) is 8.11. The van der Waals surface area contributed by atoms with Crippen molar-refractivity contribution in [3.8, 4) is 0 Å². The number of esters is 1. The monoisotopic (exact) mass is 400 g/mol. The number of para-hydroxylation sites is 1. The topological polar surface area (TPSA) is 82.3 Å². The summed E-state index contributed by atoms with van der Waals surface area (Å²) in [6.45, 7) is 3.65. The van der Waals surface area contributed by atoms with Gasteiger partial charge in [-0.15, -0.1) is 0 Å². The normalized spacial score (nSPS) is 18.1. The molecule has 152 valence electrons. The molecule has 1 amide bonds. The minimum absolute atomic E-state index is 0.343. The standard InChI is InChI=1S/C25H24N2O3/c1-15-12-18(14-17-8-4-3-5-9-17)23-20(13-15)22(25(29)30-16(2)24(26)28)19-10-6-7-11-21(19)27-23/h3-11,14-16H,12-13H2,1-2H3,(H2,26,28)/b18-14+/t15-,16+/m1/s1. The summed E-state index contributed by atoms with van der Waals surface area (Å²) in [5.74, 6) is -0.867. The van der Waals surface area contributed by atoms with Gasteiger partial charge >= 0.3 is 5.97 Å². The molecule has 4 rings (SSSR count). The molecule has 0 saturated heterocycles. The highest BCUT2D eigenvalue weighted by molar-refractivity contribution is 6.07. The molecule has 5 nitrogen and oxygen atoms in total. The SMILES string of the molecule is C[C@@H]1C/C(=C\c2ccccc2)c2nc3ccccc3c(C(=O)O[C@@H](C)C(N)=O)c2C1. The number of carbonyl (C=O) groups excluding carboxylic acids is 2. The summed E-state index contributed by atoms with van der Waals surface area (Å²) < 4.78 is 5.40. The minimum Gasteiger partial charge on any atom is -0.449 e. The second-order valence-electron chi connectivity index (χ2n) is 7.87. The molecule has 30 heavy (non-hydrogen) atoms. The number of aromatic nitrogens is 1. The van der Waals surface area contributed by atoms with E-state index in [0.717, 1.165) is 39.7 Å². The highest BCUT2D eigenvalue weighted by Gasteiger charge is 2.29. The molecule has 0 saturated carbocycles. The van der Waals surface area contributed by atoms with Crippen LogP contribution in [0.5, 0.6) is 0 Å². The Bertz CT molecular complexity index is 1150. The molecule has 0 spiro atoms. The van der Waals surface area contributed by atoms with Gasteiger partial charge in [-0.2, -0.15) is 0 Å². The number of allylic oxidation sites excluding steroid dienone is 1. The van der Waals surface area contributed by atoms with Crippen molar-refractivity contribution in [2.75, 3.05) is 0 Å². The summed E-state index contributed by atoms with van der Waals surface area (Å²) in [4.78, 5) is 29.5. The average molecular weight is 400 g/mol. The van der Waals surface area contributed by atoms with Gasteiger partial charge in [0, 0.05) is 5.39 Å². The molecule has 0 bridgehead atoms. The highest BCUT2D eigenvalue weighted by Crippen LogP contribution is 2.38. The summed E-state index contributed by atoms with van der Waals surface area (Å²) in [5, 5.41) is 0.728. The Morgan fingerprint density at radius 3 is 2.53 bits per heavy atom. The fourth-order valence-electron chi connectivity index (χ4n) is 4.00. The zero-order valence-electron chi connectivity index (χ0n) is 17.1. The Morgan fingerprint density at radius 2 is 1.80 bits per heavy atom. The first-order valence-electron chi connectivity index (χ1n) is 10.1. The number of benzene rings is 2. The van der Waals surface area contributed by atoms with E-state index in [9.17, 15) is 9.59 Å². The zero-order chi connectivity index (χ0) is 21.3. The van der Waals surface area contributed by atoms with Gasteiger partial charge in [-0.25, -0.2) is 9.78 Å². The number of rotatable bonds is 4. The Hall–Kier alpha value is -3.47. The van der Waals surface area contributed by atoms with Crippen molar-refractivity contribution in [2.45, 2.75) is 32.8 Å². The fourth-order valence-corrected chi connectivity index (χ4v) is 4.00. The molecule has 2 atom stereocenters. The van der Waals surface area contributed by atoms with Crippen LogP contribution < -0.4 is 5.73 Å². The highest BCUT2D eigenvalue weighted by atomic mass is 16.5. The van der Waals surface area contributed by atoms with Crippen molar-refractivity contribution in [1.82, 2.24) is 4.98 Å². The number of ether oxygens (including phenoxy) is 1. The van der Waals surface area contributed by atoms with Crippen LogP contribution in [0.4, 0.5) is 0 Å². The van der Waals surface area contributed by atoms with Gasteiger partial charge in [-0.1, -0.05) is 55.5 Å². The summed E-state index contributed by atoms with van der Waals surface area (Å²) in [6, 6.07) is 17.6. The molecule has 3 aromatic rings. The van der Waals surface area contributed by atoms with Gasteiger partial charge in [0.1, 0.15) is 0 Å². The van der Waals surface area contributed by atoms with E-state index in [2.05, 4.69) is 25.1 Å². The van der Waals surface area contributed by atoms with Crippen LogP contribution in [0.2, 0.25) is 0 Å². The van der Waals surface area contributed by atoms with E-state index in [1.54, 1.807) is 0 Å². The fraction of sp³-hybridized carbons (Fsp3) is 0.240. The first-order valence-corrected chi connectivity index (χ1v) is 10.1. The quantitative estimate of drug-likeness (QED) is 0.659. The van der Waals surface area contributed by atoms with Crippen LogP contribution in [0.15, 0.2) is 54.6 Å². The maximum Gasteiger partial charge on any atom is 0.339 e. The Kier molecular flexibility index (Phi) is 5.36. The van der Waals surface area contributed by atoms with Gasteiger partial charge in [-0.3, -0.25) is 4.79 Å². The third-order valence-electron chi connectivity index (χ3n) is 5.45. The van der Waals surface area contributed by atoms with Crippen molar-refractivity contribution in [3.05, 3.63) is 77.0 Å². The van der Waals surface area contributed by atoms with E-state index in [4.69, 9.17) is 15.5 Å². The molecule has 1 heterocycles. The van der Waals surface area contributed by atoms with E-state index >= 15 is 0 Å². The van der Waals surface area contributed by atoms with Crippen LogP contribution in [0.25, 0.3) is 22.6 Å². The first kappa shape index (κ1) is 19.8. The maximum atomic E-state index is 13.1. The van der Waals surface area contributed by atoms with E-state index < -0.39 is 18.0 Å². The van der Waals surface area contributed by atoms with E-state index in [1.165, 1.54) is 6.92 Å². The number of primary amides is 1. The van der Waals surface area contributed by atoms with Crippen molar-refractivity contribution in [3.63, 3.8) is 0 Å². The minimum atomic E-state index is -1.000. The van der Waals surface area contributed by atoms with Crippen LogP contribution in [0.3, 0.4) is 0 Å². The van der Waals surface area contributed by atoms with Crippen molar-refractivity contribution < 1.29 is 14.3 Å². The molecule has 1 aliphatic carbocycles. The van der Waals surface area contributed by atoms with Crippen LogP contribution in [-0.2, 0) is 16.0 Å². The lowest BCUT2D eigenvalue weighted by Crippen LogP contribution is -2.31. The van der Waals surface area contributed by atoms with Crippen LogP contribution >= 0.6 is 0 Å². The first-order chi connectivity index (χ1) is 14.4. The lowest BCUT2D eigenvalue weighted by molar-refractivity contribution is -0.125. The van der Waals surface area contributed by atoms with Crippen molar-refractivity contribution in [2.24, 2.45) is 11.7 Å². The van der Waals surface area contributed by atoms with E-state index in [-0.39, 0.29) is 0 Å². The smallest absolute Gasteiger partial charge is 0.339 e. The number of nitrogens with zero attached hydrogens (tertiary/aromatic N) is 1. The van der Waals surface area contributed by atoms with Crippen LogP contribution in [0, 0.1) is 5.92 Å². The van der Waals surface area contributed by atoms with Gasteiger partial charge in [0.05, 0.1) is 16.8 Å². The molecule has 0 radical (unpaired) electrons. The average Bonchev–Trinajstić information content (AvgIpc) is 2.72. The Labute approximate surface area is 175 Å². The number of hydrogen-bond acceptors (Lipinski definition) is 4. The molecule has 0 fully saturated rings. The zero-order valence-corrected chi connectivity index (χ0v) is 17.1. The van der Waals surface area contributed by atoms with Gasteiger partial charge in [0.15, 0.2) is 6.10 Å². The van der Waals surface area contributed by atoms with Crippen molar-refractivity contribution >= 4 is 34.4 Å². The molecular formula is C25H24N2O3. The molecule has 2 aromatic carbocycles. The number of fused-ring (bicyclic) bond motifs is 2. The molecule has 0 unspecified atom stereocenters. The predicted octanol–water partition coefficient (Wildman–Crippen LogP) is 4.39. The van der Waals surface area contributed by atoms with Crippen LogP contribution in [-0.4, -0.2) is 23.0 Å². The molecule has 5 heteroatoms. The van der Waals surface area contributed by atoms with Gasteiger partial charge in [-0.05, 0) is 54.5 Å². The summed E-state index contributed by atoms with van der Waals surface area (Å²) in [5.41, 5.74) is 10.4. The molecular weight excluding hydrogens is 376 g/mol. The number of hydrogen-bond donors (Lipinski definition) is 1. The third-order valence-corrected chi connectivity index (χ3v) is 5.45. The lowest BCUT2D eigenvalue weighted by atomic mass is 9.80. The Morgan fingerprint density at radius 1 is 1.10 bits per heavy atom. The third kappa shape index (κ3) is 3.83. The van der Waals surface area contributed by atoms with E-state index in [0.29, 0.717) is 17.9 Å². The van der Waals surface area contributed by atoms with Crippen molar-refractivity contribution in [1.29, 1.82) is 0 Å².